The van der Waals surface area contributed by atoms with Crippen LogP contribution in [0.3, 0.4) is 0 Å². The summed E-state index contributed by atoms with van der Waals surface area (Å²) in [4.78, 5) is 2.25. The summed E-state index contributed by atoms with van der Waals surface area (Å²) in [5.74, 6) is 0.593. The van der Waals surface area contributed by atoms with Crippen LogP contribution < -0.4 is 10.2 Å². The highest BCUT2D eigenvalue weighted by molar-refractivity contribution is 6.04. The number of nitrogens with zero attached hydrogens (tertiary/aromatic N) is 2. The van der Waals surface area contributed by atoms with Gasteiger partial charge in [0.2, 0.25) is 0 Å². The Kier molecular flexibility index (Phi) is 3.71. The van der Waals surface area contributed by atoms with E-state index < -0.39 is 0 Å². The zero-order chi connectivity index (χ0) is 17.6. The Morgan fingerprint density at radius 2 is 1.88 bits per heavy atom. The number of hydrogen-bond acceptors (Lipinski definition) is 4. The molecule has 0 saturated heterocycles. The predicted octanol–water partition coefficient (Wildman–Crippen LogP) is 3.24. The molecule has 0 atom stereocenters. The highest BCUT2D eigenvalue weighted by Crippen LogP contribution is 2.43. The van der Waals surface area contributed by atoms with Crippen molar-refractivity contribution in [2.45, 2.75) is 12.8 Å². The fraction of sp³-hybridized carbons (Fsp3) is 0.300. The molecule has 3 N–H and O–H groups in total. The number of hydrogen-bond donors (Lipinski definition) is 3. The highest BCUT2D eigenvalue weighted by Gasteiger charge is 2.23. The first kappa shape index (κ1) is 15.7. The van der Waals surface area contributed by atoms with Crippen LogP contribution in [-0.2, 0) is 19.9 Å². The van der Waals surface area contributed by atoms with Crippen molar-refractivity contribution in [1.29, 1.82) is 0 Å². The fourth-order valence-corrected chi connectivity index (χ4v) is 3.71. The van der Waals surface area contributed by atoms with Crippen LogP contribution in [0.4, 0.5) is 11.4 Å². The molecule has 0 bridgehead atoms. The van der Waals surface area contributed by atoms with Crippen molar-refractivity contribution < 1.29 is 10.2 Å². The van der Waals surface area contributed by atoms with E-state index in [0.29, 0.717) is 12.3 Å². The van der Waals surface area contributed by atoms with Crippen molar-refractivity contribution in [3.05, 3.63) is 47.7 Å². The second kappa shape index (κ2) is 5.92. The minimum Gasteiger partial charge on any atom is -0.508 e. The van der Waals surface area contributed by atoms with E-state index in [1.54, 1.807) is 12.1 Å². The number of likely N-dealkylation sites (N-methyl/N-ethyl adjacent to an activating group) is 1. The van der Waals surface area contributed by atoms with E-state index in [1.165, 1.54) is 11.3 Å². The van der Waals surface area contributed by atoms with Crippen molar-refractivity contribution in [3.8, 4) is 11.5 Å². The molecule has 3 aromatic rings. The van der Waals surface area contributed by atoms with E-state index >= 15 is 0 Å². The quantitative estimate of drug-likeness (QED) is 0.640. The lowest BCUT2D eigenvalue weighted by molar-refractivity contribution is 0.475. The summed E-state index contributed by atoms with van der Waals surface area (Å²) in [7, 11) is 4.09. The molecule has 5 nitrogen and oxygen atoms in total. The number of aryl methyl sites for hydroxylation is 1. The van der Waals surface area contributed by atoms with Gasteiger partial charge in [-0.1, -0.05) is 12.1 Å². The molecular formula is C20H23N3O2. The largest absolute Gasteiger partial charge is 0.508 e. The van der Waals surface area contributed by atoms with Crippen LogP contribution >= 0.6 is 0 Å². The Morgan fingerprint density at radius 3 is 2.64 bits per heavy atom. The van der Waals surface area contributed by atoms with Gasteiger partial charge in [-0.3, -0.25) is 0 Å². The Hall–Kier alpha value is -2.82. The number of aromatic hydroxyl groups is 2. The zero-order valence-corrected chi connectivity index (χ0v) is 14.6. The average Bonchev–Trinajstić information content (AvgIpc) is 2.93. The molecule has 0 unspecified atom stereocenters. The van der Waals surface area contributed by atoms with Gasteiger partial charge in [-0.15, -0.1) is 0 Å². The van der Waals surface area contributed by atoms with Gasteiger partial charge in [0.05, 0.1) is 11.2 Å². The van der Waals surface area contributed by atoms with E-state index in [9.17, 15) is 10.2 Å². The second-order valence-corrected chi connectivity index (χ2v) is 6.80. The molecule has 0 radical (unpaired) electrons. The molecule has 25 heavy (non-hydrogen) atoms. The van der Waals surface area contributed by atoms with Crippen LogP contribution in [0.25, 0.3) is 10.9 Å². The molecule has 0 aliphatic carbocycles. The van der Waals surface area contributed by atoms with Gasteiger partial charge < -0.3 is 25.0 Å². The Labute approximate surface area is 147 Å². The number of aromatic nitrogens is 1. The summed E-state index contributed by atoms with van der Waals surface area (Å²) in [6.07, 6.45) is 3.95. The van der Waals surface area contributed by atoms with Gasteiger partial charge in [-0.05, 0) is 42.2 Å². The van der Waals surface area contributed by atoms with Crippen LogP contribution in [0.5, 0.6) is 11.5 Å². The smallest absolute Gasteiger partial charge is 0.163 e. The number of benzene rings is 2. The van der Waals surface area contributed by atoms with Crippen molar-refractivity contribution >= 4 is 22.3 Å². The van der Waals surface area contributed by atoms with E-state index in [1.807, 2.05) is 23.7 Å². The lowest BCUT2D eigenvalue weighted by atomic mass is 10.0. The van der Waals surface area contributed by atoms with Gasteiger partial charge in [0.1, 0.15) is 5.75 Å². The zero-order valence-electron chi connectivity index (χ0n) is 14.6. The topological polar surface area (TPSA) is 60.7 Å². The van der Waals surface area contributed by atoms with Crippen LogP contribution in [-0.4, -0.2) is 34.9 Å². The van der Waals surface area contributed by atoms with E-state index in [2.05, 4.69) is 29.5 Å². The maximum atomic E-state index is 10.8. The molecule has 1 aromatic heterocycles. The Balaban J connectivity index is 1.63. The summed E-state index contributed by atoms with van der Waals surface area (Å²) in [6, 6.07) is 9.28. The van der Waals surface area contributed by atoms with E-state index in [-0.39, 0.29) is 5.75 Å². The predicted molar refractivity (Wildman–Crippen MR) is 102 cm³/mol. The molecule has 130 valence electrons. The maximum absolute atomic E-state index is 10.8. The van der Waals surface area contributed by atoms with Crippen LogP contribution in [0, 0.1) is 0 Å². The molecule has 0 amide bonds. The maximum Gasteiger partial charge on any atom is 0.163 e. The Bertz CT molecular complexity index is 929. The second-order valence-electron chi connectivity index (χ2n) is 6.80. The standard InChI is InChI=1S/C20H23N3O2/c1-22-10-8-14-12-23(2)19-18(14)17(22)11-16(20(19)25)21-9-7-13-3-5-15(24)6-4-13/h3-6,11-12,21,24-25H,7-10H2,1-2H3. The van der Waals surface area contributed by atoms with Crippen molar-refractivity contribution in [3.63, 3.8) is 0 Å². The molecule has 1 aliphatic heterocycles. The van der Waals surface area contributed by atoms with Gasteiger partial charge in [-0.2, -0.15) is 0 Å². The average molecular weight is 337 g/mol. The van der Waals surface area contributed by atoms with Gasteiger partial charge >= 0.3 is 0 Å². The first-order valence-corrected chi connectivity index (χ1v) is 8.61. The third-order valence-electron chi connectivity index (χ3n) is 5.07. The summed E-state index contributed by atoms with van der Waals surface area (Å²) in [6.45, 7) is 1.70. The number of phenols is 2. The molecule has 1 aliphatic rings. The minimum absolute atomic E-state index is 0.279. The lowest BCUT2D eigenvalue weighted by Crippen LogP contribution is -2.23. The van der Waals surface area contributed by atoms with Gasteiger partial charge in [0.25, 0.3) is 0 Å². The van der Waals surface area contributed by atoms with E-state index in [4.69, 9.17) is 0 Å². The fourth-order valence-electron chi connectivity index (χ4n) is 3.71. The molecule has 2 aromatic carbocycles. The normalized spacial score (nSPS) is 13.4. The van der Waals surface area contributed by atoms with Crippen LogP contribution in [0.15, 0.2) is 36.5 Å². The summed E-state index contributed by atoms with van der Waals surface area (Å²) < 4.78 is 2.02. The number of phenolic OH excluding ortho intramolecular Hbond substituents is 2. The van der Waals surface area contributed by atoms with Crippen molar-refractivity contribution in [1.82, 2.24) is 4.57 Å². The first-order chi connectivity index (χ1) is 12.0. The number of anilines is 2. The third-order valence-corrected chi connectivity index (χ3v) is 5.07. The highest BCUT2D eigenvalue weighted by atomic mass is 16.3. The summed E-state index contributed by atoms with van der Waals surface area (Å²) in [5.41, 5.74) is 5.28. The lowest BCUT2D eigenvalue weighted by Gasteiger charge is -2.26. The Morgan fingerprint density at radius 1 is 1.12 bits per heavy atom. The molecule has 2 heterocycles. The third kappa shape index (κ3) is 2.65. The molecule has 4 rings (SSSR count). The van der Waals surface area contributed by atoms with Gasteiger partial charge in [0.15, 0.2) is 5.75 Å². The summed E-state index contributed by atoms with van der Waals surface area (Å²) in [5, 5.41) is 24.7. The molecule has 0 fully saturated rings. The van der Waals surface area contributed by atoms with Crippen molar-refractivity contribution in [2.75, 3.05) is 30.4 Å². The van der Waals surface area contributed by atoms with Gasteiger partial charge in [-0.25, -0.2) is 0 Å². The van der Waals surface area contributed by atoms with Crippen LogP contribution in [0.1, 0.15) is 11.1 Å². The molecular weight excluding hydrogens is 314 g/mol. The summed E-state index contributed by atoms with van der Waals surface area (Å²) >= 11 is 0. The monoisotopic (exact) mass is 337 g/mol. The van der Waals surface area contributed by atoms with Gasteiger partial charge in [0, 0.05) is 44.5 Å². The van der Waals surface area contributed by atoms with E-state index in [0.717, 1.165) is 41.5 Å². The minimum atomic E-state index is 0.279. The molecule has 5 heteroatoms. The number of rotatable bonds is 4. The number of nitrogens with one attached hydrogen (secondary N) is 1. The first-order valence-electron chi connectivity index (χ1n) is 8.61. The molecule has 0 spiro atoms. The molecule has 0 saturated carbocycles. The SMILES string of the molecule is CN1CCc2cn(C)c3c(O)c(NCCc4ccc(O)cc4)cc1c23. The van der Waals surface area contributed by atoms with Crippen molar-refractivity contribution in [2.24, 2.45) is 7.05 Å². The van der Waals surface area contributed by atoms with Crippen LogP contribution in [0.2, 0.25) is 0 Å².